The van der Waals surface area contributed by atoms with Crippen LogP contribution in [0.3, 0.4) is 0 Å². The molecule has 0 aliphatic heterocycles. The molecule has 0 aromatic heterocycles. The lowest BCUT2D eigenvalue weighted by Gasteiger charge is -2.18. The van der Waals surface area contributed by atoms with Crippen molar-refractivity contribution < 1.29 is 13.5 Å². The van der Waals surface area contributed by atoms with Gasteiger partial charge in [-0.05, 0) is 19.8 Å². The van der Waals surface area contributed by atoms with Gasteiger partial charge in [-0.15, -0.1) is 0 Å². The van der Waals surface area contributed by atoms with Crippen LogP contribution in [0.1, 0.15) is 45.4 Å². The molecule has 1 fully saturated rings. The van der Waals surface area contributed by atoms with Crippen LogP contribution < -0.4 is 4.72 Å². The van der Waals surface area contributed by atoms with E-state index in [0.717, 1.165) is 25.7 Å². The average Bonchev–Trinajstić information content (AvgIpc) is 2.44. The van der Waals surface area contributed by atoms with E-state index in [0.29, 0.717) is 0 Å². The number of aliphatic hydroxyl groups excluding tert-OH is 1. The van der Waals surface area contributed by atoms with E-state index in [2.05, 4.69) is 4.72 Å². The van der Waals surface area contributed by atoms with Gasteiger partial charge in [0.1, 0.15) is 0 Å². The van der Waals surface area contributed by atoms with Gasteiger partial charge in [0, 0.05) is 6.04 Å². The standard InChI is InChI=1S/C10H21NO3S/c1-9(8-12)15(13,14)11-10-6-4-2-3-5-7-10/h9-12H,2-8H2,1H3. The van der Waals surface area contributed by atoms with Gasteiger partial charge in [0.2, 0.25) is 10.0 Å². The van der Waals surface area contributed by atoms with Crippen molar-refractivity contribution >= 4 is 10.0 Å². The highest BCUT2D eigenvalue weighted by atomic mass is 32.2. The molecule has 0 aromatic rings. The molecule has 0 aromatic carbocycles. The quantitative estimate of drug-likeness (QED) is 0.715. The molecule has 0 spiro atoms. The van der Waals surface area contributed by atoms with Crippen LogP contribution in [0.25, 0.3) is 0 Å². The summed E-state index contributed by atoms with van der Waals surface area (Å²) in [7, 11) is -3.33. The maximum Gasteiger partial charge on any atom is 0.216 e. The highest BCUT2D eigenvalue weighted by Gasteiger charge is 2.24. The van der Waals surface area contributed by atoms with E-state index < -0.39 is 15.3 Å². The highest BCUT2D eigenvalue weighted by molar-refractivity contribution is 7.90. The molecule has 1 saturated carbocycles. The van der Waals surface area contributed by atoms with Gasteiger partial charge in [-0.25, -0.2) is 13.1 Å². The van der Waals surface area contributed by atoms with Crippen molar-refractivity contribution in [1.29, 1.82) is 0 Å². The number of hydrogen-bond donors (Lipinski definition) is 2. The Hall–Kier alpha value is -0.130. The summed E-state index contributed by atoms with van der Waals surface area (Å²) in [5.41, 5.74) is 0. The Labute approximate surface area is 92.1 Å². The predicted octanol–water partition coefficient (Wildman–Crippen LogP) is 1.01. The molecule has 1 atom stereocenters. The van der Waals surface area contributed by atoms with E-state index in [4.69, 9.17) is 5.11 Å². The lowest BCUT2D eigenvalue weighted by atomic mass is 10.1. The summed E-state index contributed by atoms with van der Waals surface area (Å²) in [4.78, 5) is 0. The molecule has 1 aliphatic carbocycles. The van der Waals surface area contributed by atoms with Crippen molar-refractivity contribution in [3.05, 3.63) is 0 Å². The van der Waals surface area contributed by atoms with Crippen molar-refractivity contribution in [3.8, 4) is 0 Å². The monoisotopic (exact) mass is 235 g/mol. The van der Waals surface area contributed by atoms with Gasteiger partial charge in [-0.3, -0.25) is 0 Å². The fraction of sp³-hybridized carbons (Fsp3) is 1.00. The first-order chi connectivity index (χ1) is 7.06. The molecule has 0 saturated heterocycles. The number of sulfonamides is 1. The second kappa shape index (κ2) is 5.82. The largest absolute Gasteiger partial charge is 0.395 e. The smallest absolute Gasteiger partial charge is 0.216 e. The summed E-state index contributed by atoms with van der Waals surface area (Å²) < 4.78 is 26.0. The third-order valence-electron chi connectivity index (χ3n) is 2.97. The van der Waals surface area contributed by atoms with E-state index in [9.17, 15) is 8.42 Å². The maximum atomic E-state index is 11.7. The molecule has 4 nitrogen and oxygen atoms in total. The zero-order chi connectivity index (χ0) is 11.3. The first kappa shape index (κ1) is 12.9. The molecule has 0 bridgehead atoms. The SMILES string of the molecule is CC(CO)S(=O)(=O)NC1CCCCCC1. The zero-order valence-corrected chi connectivity index (χ0v) is 10.1. The molecule has 1 unspecified atom stereocenters. The summed E-state index contributed by atoms with van der Waals surface area (Å²) >= 11 is 0. The normalized spacial score (nSPS) is 22.3. The molecule has 0 radical (unpaired) electrons. The Kier molecular flexibility index (Phi) is 5.02. The van der Waals surface area contributed by atoms with E-state index in [1.54, 1.807) is 0 Å². The predicted molar refractivity (Wildman–Crippen MR) is 60.1 cm³/mol. The third kappa shape index (κ3) is 4.09. The van der Waals surface area contributed by atoms with Crippen LogP contribution in [0.5, 0.6) is 0 Å². The molecule has 2 N–H and O–H groups in total. The minimum absolute atomic E-state index is 0.0755. The second-order valence-corrected chi connectivity index (χ2v) is 6.47. The molecule has 15 heavy (non-hydrogen) atoms. The van der Waals surface area contributed by atoms with Gasteiger partial charge in [-0.2, -0.15) is 0 Å². The molecule has 1 aliphatic rings. The highest BCUT2D eigenvalue weighted by Crippen LogP contribution is 2.18. The van der Waals surface area contributed by atoms with Crippen molar-refractivity contribution in [2.24, 2.45) is 0 Å². The Morgan fingerprint density at radius 3 is 2.27 bits per heavy atom. The Morgan fingerprint density at radius 1 is 1.27 bits per heavy atom. The number of aliphatic hydroxyl groups is 1. The van der Waals surface area contributed by atoms with E-state index >= 15 is 0 Å². The molecule has 0 amide bonds. The molecular formula is C10H21NO3S. The maximum absolute atomic E-state index is 11.7. The average molecular weight is 235 g/mol. The second-order valence-electron chi connectivity index (χ2n) is 4.34. The van der Waals surface area contributed by atoms with Crippen LogP contribution >= 0.6 is 0 Å². The summed E-state index contributed by atoms with van der Waals surface area (Å²) in [5.74, 6) is 0. The summed E-state index contributed by atoms with van der Waals surface area (Å²) in [5, 5.41) is 8.13. The zero-order valence-electron chi connectivity index (χ0n) is 9.28. The van der Waals surface area contributed by atoms with Gasteiger partial charge >= 0.3 is 0 Å². The van der Waals surface area contributed by atoms with Gasteiger partial charge in [0.25, 0.3) is 0 Å². The van der Waals surface area contributed by atoms with Crippen LogP contribution in [-0.2, 0) is 10.0 Å². The topological polar surface area (TPSA) is 66.4 Å². The third-order valence-corrected chi connectivity index (χ3v) is 4.84. The fourth-order valence-corrected chi connectivity index (χ4v) is 2.97. The number of hydrogen-bond acceptors (Lipinski definition) is 3. The van der Waals surface area contributed by atoms with Crippen LogP contribution in [0.15, 0.2) is 0 Å². The minimum atomic E-state index is -3.33. The van der Waals surface area contributed by atoms with Gasteiger partial charge in [0.15, 0.2) is 0 Å². The summed E-state index contributed by atoms with van der Waals surface area (Å²) in [6.45, 7) is 1.21. The Bertz CT molecular complexity index is 268. The van der Waals surface area contributed by atoms with Crippen molar-refractivity contribution in [1.82, 2.24) is 4.72 Å². The lowest BCUT2D eigenvalue weighted by molar-refractivity contribution is 0.294. The van der Waals surface area contributed by atoms with Gasteiger partial charge in [0.05, 0.1) is 11.9 Å². The van der Waals surface area contributed by atoms with Gasteiger partial charge in [-0.1, -0.05) is 25.7 Å². The first-order valence-corrected chi connectivity index (χ1v) is 7.23. The molecular weight excluding hydrogens is 214 g/mol. The lowest BCUT2D eigenvalue weighted by Crippen LogP contribution is -2.41. The number of nitrogens with one attached hydrogen (secondary N) is 1. The van der Waals surface area contributed by atoms with Crippen LogP contribution in [0, 0.1) is 0 Å². The summed E-state index contributed by atoms with van der Waals surface area (Å²) in [6, 6.07) is 0.0755. The minimum Gasteiger partial charge on any atom is -0.395 e. The van der Waals surface area contributed by atoms with Crippen molar-refractivity contribution in [2.45, 2.75) is 56.7 Å². The molecule has 90 valence electrons. The molecule has 5 heteroatoms. The van der Waals surface area contributed by atoms with Crippen LogP contribution in [-0.4, -0.2) is 31.4 Å². The van der Waals surface area contributed by atoms with Gasteiger partial charge < -0.3 is 5.11 Å². The number of rotatable bonds is 4. The first-order valence-electron chi connectivity index (χ1n) is 5.68. The molecule has 1 rings (SSSR count). The van der Waals surface area contributed by atoms with E-state index in [-0.39, 0.29) is 12.6 Å². The Balaban J connectivity index is 2.51. The summed E-state index contributed by atoms with van der Waals surface area (Å²) in [6.07, 6.45) is 6.46. The van der Waals surface area contributed by atoms with Crippen molar-refractivity contribution in [2.75, 3.05) is 6.61 Å². The van der Waals surface area contributed by atoms with Crippen LogP contribution in [0.4, 0.5) is 0 Å². The van der Waals surface area contributed by atoms with E-state index in [1.807, 2.05) is 0 Å². The van der Waals surface area contributed by atoms with Crippen molar-refractivity contribution in [3.63, 3.8) is 0 Å². The van der Waals surface area contributed by atoms with E-state index in [1.165, 1.54) is 19.8 Å². The fourth-order valence-electron chi connectivity index (χ4n) is 1.84. The molecule has 0 heterocycles. The Morgan fingerprint density at radius 2 is 1.80 bits per heavy atom. The van der Waals surface area contributed by atoms with Crippen LogP contribution in [0.2, 0.25) is 0 Å².